The molecule has 0 saturated heterocycles. The van der Waals surface area contributed by atoms with Gasteiger partial charge in [0.15, 0.2) is 0 Å². The van der Waals surface area contributed by atoms with Crippen molar-refractivity contribution in [2.24, 2.45) is 0 Å². The molecule has 0 aliphatic rings. The molecule has 0 aliphatic heterocycles. The molecule has 0 aliphatic carbocycles. The number of hydrogen-bond donors (Lipinski definition) is 1. The first-order valence-corrected chi connectivity index (χ1v) is 7.45. The van der Waals surface area contributed by atoms with Crippen molar-refractivity contribution < 1.29 is 19.4 Å². The smallest absolute Gasteiger partial charge is 0.338 e. The van der Waals surface area contributed by atoms with Gasteiger partial charge in [0.25, 0.3) is 0 Å². The SMILES string of the molecule is COCCCOCCSc1nc(C)cc(C)c1C(=O)O. The lowest BCUT2D eigenvalue weighted by atomic mass is 10.1. The van der Waals surface area contributed by atoms with Gasteiger partial charge in [-0.2, -0.15) is 0 Å². The summed E-state index contributed by atoms with van der Waals surface area (Å²) in [5, 5.41) is 9.80. The Kier molecular flexibility index (Phi) is 7.58. The van der Waals surface area contributed by atoms with Crippen molar-refractivity contribution in [3.8, 4) is 0 Å². The van der Waals surface area contributed by atoms with E-state index in [4.69, 9.17) is 9.47 Å². The van der Waals surface area contributed by atoms with E-state index in [1.807, 2.05) is 6.92 Å². The van der Waals surface area contributed by atoms with E-state index in [0.717, 1.165) is 17.7 Å². The molecule has 6 heteroatoms. The summed E-state index contributed by atoms with van der Waals surface area (Å²) in [5.41, 5.74) is 1.87. The maximum absolute atomic E-state index is 11.3. The third-order valence-electron chi connectivity index (χ3n) is 2.63. The van der Waals surface area contributed by atoms with Crippen LogP contribution in [0, 0.1) is 13.8 Å². The number of rotatable bonds is 9. The highest BCUT2D eigenvalue weighted by Crippen LogP contribution is 2.24. The second-order valence-electron chi connectivity index (χ2n) is 4.37. The molecule has 1 aromatic heterocycles. The van der Waals surface area contributed by atoms with Crippen molar-refractivity contribution in [3.05, 3.63) is 22.9 Å². The number of ether oxygens (including phenoxy) is 2. The number of aromatic carboxylic acids is 1. The molecule has 1 N–H and O–H groups in total. The maximum atomic E-state index is 11.3. The summed E-state index contributed by atoms with van der Waals surface area (Å²) >= 11 is 1.42. The Bertz CT molecular complexity index is 451. The second kappa shape index (κ2) is 8.94. The fourth-order valence-corrected chi connectivity index (χ4v) is 2.77. The zero-order valence-electron chi connectivity index (χ0n) is 12.1. The average molecular weight is 299 g/mol. The summed E-state index contributed by atoms with van der Waals surface area (Å²) in [6.07, 6.45) is 0.864. The molecule has 20 heavy (non-hydrogen) atoms. The standard InChI is InChI=1S/C14H21NO4S/c1-10-9-11(2)15-13(12(10)14(16)17)20-8-7-19-6-4-5-18-3/h9H,4-8H2,1-3H3,(H,16,17). The topological polar surface area (TPSA) is 68.7 Å². The molecule has 1 rings (SSSR count). The molecule has 0 saturated carbocycles. The lowest BCUT2D eigenvalue weighted by Gasteiger charge is -2.09. The predicted octanol–water partition coefficient (Wildman–Crippen LogP) is 2.54. The highest BCUT2D eigenvalue weighted by atomic mass is 32.2. The Morgan fingerprint density at radius 1 is 1.35 bits per heavy atom. The molecule has 1 heterocycles. The summed E-state index contributed by atoms with van der Waals surface area (Å²) in [6, 6.07) is 1.79. The van der Waals surface area contributed by atoms with Gasteiger partial charge < -0.3 is 14.6 Å². The quantitative estimate of drug-likeness (QED) is 0.558. The lowest BCUT2D eigenvalue weighted by molar-refractivity contribution is 0.0691. The zero-order chi connectivity index (χ0) is 15.0. The van der Waals surface area contributed by atoms with E-state index in [-0.39, 0.29) is 0 Å². The number of carboxylic acid groups (broad SMARTS) is 1. The minimum Gasteiger partial charge on any atom is -0.478 e. The molecule has 1 aromatic rings. The van der Waals surface area contributed by atoms with Crippen LogP contribution in [-0.2, 0) is 9.47 Å². The summed E-state index contributed by atoms with van der Waals surface area (Å²) in [7, 11) is 1.66. The van der Waals surface area contributed by atoms with E-state index in [1.54, 1.807) is 20.1 Å². The van der Waals surface area contributed by atoms with Gasteiger partial charge in [-0.1, -0.05) is 0 Å². The second-order valence-corrected chi connectivity index (χ2v) is 5.46. The van der Waals surface area contributed by atoms with Gasteiger partial charge >= 0.3 is 5.97 Å². The minimum atomic E-state index is -0.932. The largest absolute Gasteiger partial charge is 0.478 e. The van der Waals surface area contributed by atoms with Crippen LogP contribution in [0.4, 0.5) is 0 Å². The first-order chi connectivity index (χ1) is 9.56. The monoisotopic (exact) mass is 299 g/mol. The Hall–Kier alpha value is -1.11. The van der Waals surface area contributed by atoms with Gasteiger partial charge in [-0.3, -0.25) is 0 Å². The molecule has 5 nitrogen and oxygen atoms in total. The van der Waals surface area contributed by atoms with Crippen molar-refractivity contribution in [2.45, 2.75) is 25.3 Å². The number of methoxy groups -OCH3 is 1. The number of carbonyl (C=O) groups is 1. The van der Waals surface area contributed by atoms with Crippen molar-refractivity contribution in [3.63, 3.8) is 0 Å². The van der Waals surface area contributed by atoms with Gasteiger partial charge in [-0.15, -0.1) is 11.8 Å². The summed E-state index contributed by atoms with van der Waals surface area (Å²) in [5.74, 6) is -0.248. The van der Waals surface area contributed by atoms with Crippen LogP contribution in [0.5, 0.6) is 0 Å². The molecular weight excluding hydrogens is 278 g/mol. The van der Waals surface area contributed by atoms with E-state index in [1.165, 1.54) is 11.8 Å². The highest BCUT2D eigenvalue weighted by molar-refractivity contribution is 7.99. The molecule has 0 unspecified atom stereocenters. The number of pyridine rings is 1. The van der Waals surface area contributed by atoms with Crippen LogP contribution >= 0.6 is 11.8 Å². The van der Waals surface area contributed by atoms with Crippen LogP contribution in [0.3, 0.4) is 0 Å². The molecule has 0 bridgehead atoms. The normalized spacial score (nSPS) is 10.8. The van der Waals surface area contributed by atoms with E-state index in [2.05, 4.69) is 4.98 Å². The van der Waals surface area contributed by atoms with Crippen molar-refractivity contribution in [2.75, 3.05) is 32.7 Å². The van der Waals surface area contributed by atoms with Gasteiger partial charge in [0.2, 0.25) is 0 Å². The fourth-order valence-electron chi connectivity index (χ4n) is 1.77. The number of nitrogens with zero attached hydrogens (tertiary/aromatic N) is 1. The molecule has 0 radical (unpaired) electrons. The first-order valence-electron chi connectivity index (χ1n) is 6.47. The molecule has 0 aromatic carbocycles. The van der Waals surface area contributed by atoms with Gasteiger partial charge in [0.1, 0.15) is 5.03 Å². The van der Waals surface area contributed by atoms with Crippen LogP contribution in [0.2, 0.25) is 0 Å². The van der Waals surface area contributed by atoms with Crippen LogP contribution in [0.15, 0.2) is 11.1 Å². The number of aromatic nitrogens is 1. The van der Waals surface area contributed by atoms with E-state index in [0.29, 0.717) is 36.2 Å². The Morgan fingerprint density at radius 2 is 2.10 bits per heavy atom. The van der Waals surface area contributed by atoms with Gasteiger partial charge in [0.05, 0.1) is 12.2 Å². The zero-order valence-corrected chi connectivity index (χ0v) is 13.0. The van der Waals surface area contributed by atoms with Crippen LogP contribution in [-0.4, -0.2) is 48.7 Å². The van der Waals surface area contributed by atoms with E-state index in [9.17, 15) is 9.90 Å². The molecular formula is C14H21NO4S. The summed E-state index contributed by atoms with van der Waals surface area (Å²) in [6.45, 7) is 5.57. The molecule has 0 fully saturated rings. The van der Waals surface area contributed by atoms with E-state index >= 15 is 0 Å². The Labute approximate surface area is 123 Å². The van der Waals surface area contributed by atoms with Gasteiger partial charge in [-0.25, -0.2) is 9.78 Å². The minimum absolute atomic E-state index is 0.292. The predicted molar refractivity (Wildman–Crippen MR) is 78.7 cm³/mol. The van der Waals surface area contributed by atoms with Gasteiger partial charge in [0, 0.05) is 31.8 Å². The average Bonchev–Trinajstić information content (AvgIpc) is 2.36. The molecule has 0 atom stereocenters. The van der Waals surface area contributed by atoms with E-state index < -0.39 is 5.97 Å². The Morgan fingerprint density at radius 3 is 2.75 bits per heavy atom. The van der Waals surface area contributed by atoms with Crippen LogP contribution in [0.1, 0.15) is 28.0 Å². The third-order valence-corrected chi connectivity index (χ3v) is 3.57. The molecule has 0 spiro atoms. The summed E-state index contributed by atoms with van der Waals surface area (Å²) < 4.78 is 10.4. The highest BCUT2D eigenvalue weighted by Gasteiger charge is 2.15. The van der Waals surface area contributed by atoms with Crippen molar-refractivity contribution in [1.29, 1.82) is 0 Å². The maximum Gasteiger partial charge on any atom is 0.338 e. The number of hydrogen-bond acceptors (Lipinski definition) is 5. The molecule has 0 amide bonds. The van der Waals surface area contributed by atoms with Crippen LogP contribution < -0.4 is 0 Å². The number of aryl methyl sites for hydroxylation is 2. The molecule has 112 valence electrons. The first kappa shape index (κ1) is 16.9. The number of thioether (sulfide) groups is 1. The van der Waals surface area contributed by atoms with Crippen LogP contribution in [0.25, 0.3) is 0 Å². The number of carboxylic acids is 1. The van der Waals surface area contributed by atoms with Crippen molar-refractivity contribution >= 4 is 17.7 Å². The summed E-state index contributed by atoms with van der Waals surface area (Å²) in [4.78, 5) is 15.6. The van der Waals surface area contributed by atoms with Crippen molar-refractivity contribution in [1.82, 2.24) is 4.98 Å². The third kappa shape index (κ3) is 5.48. The lowest BCUT2D eigenvalue weighted by Crippen LogP contribution is -2.07. The van der Waals surface area contributed by atoms with Gasteiger partial charge in [-0.05, 0) is 31.9 Å². The fraction of sp³-hybridized carbons (Fsp3) is 0.571. The Balaban J connectivity index is 2.49.